The Hall–Kier alpha value is -4.73. The van der Waals surface area contributed by atoms with Crippen LogP contribution in [0.25, 0.3) is 0 Å². The Morgan fingerprint density at radius 2 is 1.34 bits per heavy atom. The van der Waals surface area contributed by atoms with Crippen molar-refractivity contribution in [3.63, 3.8) is 0 Å². The van der Waals surface area contributed by atoms with Crippen LogP contribution in [0.3, 0.4) is 0 Å². The van der Waals surface area contributed by atoms with E-state index in [1.54, 1.807) is 34.5 Å². The zero-order valence-corrected chi connectivity index (χ0v) is 22.1. The summed E-state index contributed by atoms with van der Waals surface area (Å²) in [5.74, 6) is 2.82. The van der Waals surface area contributed by atoms with Crippen molar-refractivity contribution < 1.29 is 23.7 Å². The predicted molar refractivity (Wildman–Crippen MR) is 145 cm³/mol. The minimum Gasteiger partial charge on any atom is -0.493 e. The molecule has 0 radical (unpaired) electrons. The summed E-state index contributed by atoms with van der Waals surface area (Å²) in [5, 5.41) is 10.9. The summed E-state index contributed by atoms with van der Waals surface area (Å²) < 4.78 is 22.7. The maximum Gasteiger partial charge on any atom is 0.281 e. The van der Waals surface area contributed by atoms with E-state index < -0.39 is 0 Å². The van der Waals surface area contributed by atoms with Gasteiger partial charge in [-0.2, -0.15) is 9.67 Å². The summed E-state index contributed by atoms with van der Waals surface area (Å²) in [7, 11) is 6.36. The number of ether oxygens (including phenoxy) is 4. The fourth-order valence-corrected chi connectivity index (χ4v) is 3.89. The molecular formula is C28H31N5O5. The van der Waals surface area contributed by atoms with Crippen LogP contribution in [0.4, 0.5) is 11.9 Å². The highest BCUT2D eigenvalue weighted by molar-refractivity contribution is 5.97. The Labute approximate surface area is 221 Å². The van der Waals surface area contributed by atoms with Gasteiger partial charge < -0.3 is 29.6 Å². The van der Waals surface area contributed by atoms with E-state index in [1.165, 1.54) is 4.68 Å². The van der Waals surface area contributed by atoms with Gasteiger partial charge >= 0.3 is 0 Å². The summed E-state index contributed by atoms with van der Waals surface area (Å²) in [6.07, 6.45) is 0. The van der Waals surface area contributed by atoms with E-state index in [1.807, 2.05) is 61.5 Å². The van der Waals surface area contributed by atoms with Gasteiger partial charge in [-0.25, -0.2) is 0 Å². The van der Waals surface area contributed by atoms with Gasteiger partial charge in [0.1, 0.15) is 0 Å². The summed E-state index contributed by atoms with van der Waals surface area (Å²) in [5.41, 5.74) is 3.34. The molecule has 10 heteroatoms. The van der Waals surface area contributed by atoms with Crippen LogP contribution in [0, 0.1) is 6.92 Å². The first-order valence-corrected chi connectivity index (χ1v) is 11.9. The zero-order chi connectivity index (χ0) is 27.1. The number of carbonyl (C=O) groups excluding carboxylic acids is 1. The van der Waals surface area contributed by atoms with Crippen molar-refractivity contribution in [2.75, 3.05) is 39.1 Å². The van der Waals surface area contributed by atoms with Crippen molar-refractivity contribution in [3.05, 3.63) is 82.9 Å². The van der Waals surface area contributed by atoms with Gasteiger partial charge in [-0.15, -0.1) is 5.10 Å². The van der Waals surface area contributed by atoms with Crippen molar-refractivity contribution in [2.24, 2.45) is 0 Å². The Kier molecular flexibility index (Phi) is 8.32. The molecule has 4 aromatic rings. The highest BCUT2D eigenvalue weighted by Gasteiger charge is 2.19. The summed E-state index contributed by atoms with van der Waals surface area (Å²) in [6.45, 7) is 2.73. The number of benzene rings is 3. The largest absolute Gasteiger partial charge is 0.493 e. The molecule has 1 aromatic heterocycles. The monoisotopic (exact) mass is 517 g/mol. The lowest BCUT2D eigenvalue weighted by Gasteiger charge is -2.11. The number of carbonyl (C=O) groups is 1. The Morgan fingerprint density at radius 3 is 1.89 bits per heavy atom. The van der Waals surface area contributed by atoms with Gasteiger partial charge in [0.2, 0.25) is 11.9 Å². The minimum absolute atomic E-state index is 0.296. The molecule has 0 fully saturated rings. The third-order valence-corrected chi connectivity index (χ3v) is 5.86. The number of aryl methyl sites for hydroxylation is 1. The van der Waals surface area contributed by atoms with Gasteiger partial charge in [-0.05, 0) is 54.4 Å². The van der Waals surface area contributed by atoms with Crippen molar-refractivity contribution >= 4 is 17.8 Å². The minimum atomic E-state index is -0.296. The number of rotatable bonds is 11. The fraction of sp³-hybridized carbons (Fsp3) is 0.250. The average molecular weight is 518 g/mol. The molecule has 0 saturated carbocycles. The summed E-state index contributed by atoms with van der Waals surface area (Å²) in [4.78, 5) is 17.9. The number of nitrogens with one attached hydrogen (secondary N) is 2. The van der Waals surface area contributed by atoms with Crippen molar-refractivity contribution in [1.82, 2.24) is 14.8 Å². The van der Waals surface area contributed by atoms with Gasteiger partial charge in [-0.3, -0.25) is 4.79 Å². The molecule has 0 saturated heterocycles. The van der Waals surface area contributed by atoms with Crippen LogP contribution < -0.4 is 29.6 Å². The first-order valence-electron chi connectivity index (χ1n) is 11.9. The molecule has 4 rings (SSSR count). The topological polar surface area (TPSA) is 109 Å². The van der Waals surface area contributed by atoms with Crippen molar-refractivity contribution in [2.45, 2.75) is 20.0 Å². The third-order valence-electron chi connectivity index (χ3n) is 5.86. The van der Waals surface area contributed by atoms with Crippen LogP contribution in [-0.4, -0.2) is 49.1 Å². The second-order valence-corrected chi connectivity index (χ2v) is 8.43. The second kappa shape index (κ2) is 12.0. The Morgan fingerprint density at radius 1 is 0.763 bits per heavy atom. The average Bonchev–Trinajstić information content (AvgIpc) is 3.37. The molecule has 0 aliphatic carbocycles. The van der Waals surface area contributed by atoms with E-state index in [0.717, 1.165) is 16.7 Å². The molecule has 10 nitrogen and oxygen atoms in total. The highest BCUT2D eigenvalue weighted by Crippen LogP contribution is 2.29. The lowest BCUT2D eigenvalue weighted by Crippen LogP contribution is -2.17. The highest BCUT2D eigenvalue weighted by atomic mass is 16.5. The SMILES string of the molecule is COc1ccc(CNc2nc(NCc3ccc(OC)c(OC)c3)n(C(=O)c3cccc(C)c3)n2)cc1OC. The van der Waals surface area contributed by atoms with Crippen molar-refractivity contribution in [3.8, 4) is 23.0 Å². The number of hydrogen-bond donors (Lipinski definition) is 2. The van der Waals surface area contributed by atoms with Crippen LogP contribution in [-0.2, 0) is 13.1 Å². The maximum absolute atomic E-state index is 13.4. The molecule has 0 amide bonds. The smallest absolute Gasteiger partial charge is 0.281 e. The van der Waals surface area contributed by atoms with Gasteiger partial charge in [0.15, 0.2) is 23.0 Å². The number of methoxy groups -OCH3 is 4. The maximum atomic E-state index is 13.4. The van der Waals surface area contributed by atoms with Gasteiger partial charge in [-0.1, -0.05) is 29.8 Å². The molecule has 1 heterocycles. The molecule has 0 unspecified atom stereocenters. The van der Waals surface area contributed by atoms with E-state index in [9.17, 15) is 4.79 Å². The number of anilines is 2. The van der Waals surface area contributed by atoms with Gasteiger partial charge in [0.05, 0.1) is 28.4 Å². The van der Waals surface area contributed by atoms with Gasteiger partial charge in [0, 0.05) is 18.7 Å². The van der Waals surface area contributed by atoms with Crippen LogP contribution >= 0.6 is 0 Å². The lowest BCUT2D eigenvalue weighted by molar-refractivity contribution is 0.0947. The molecule has 198 valence electrons. The lowest BCUT2D eigenvalue weighted by atomic mass is 10.1. The normalized spacial score (nSPS) is 10.6. The first-order chi connectivity index (χ1) is 18.4. The fourth-order valence-electron chi connectivity index (χ4n) is 3.89. The van der Waals surface area contributed by atoms with E-state index in [2.05, 4.69) is 20.7 Å². The van der Waals surface area contributed by atoms with Crippen molar-refractivity contribution in [1.29, 1.82) is 0 Å². The summed E-state index contributed by atoms with van der Waals surface area (Å²) >= 11 is 0. The van der Waals surface area contributed by atoms with E-state index in [4.69, 9.17) is 18.9 Å². The first kappa shape index (κ1) is 26.3. The van der Waals surface area contributed by atoms with E-state index in [0.29, 0.717) is 53.5 Å². The molecule has 38 heavy (non-hydrogen) atoms. The van der Waals surface area contributed by atoms with Gasteiger partial charge in [0.25, 0.3) is 5.91 Å². The van der Waals surface area contributed by atoms with Crippen LogP contribution in [0.5, 0.6) is 23.0 Å². The standard InChI is InChI=1S/C28H31N5O5/c1-18-7-6-8-21(13-18)26(34)33-28(30-17-20-10-12-23(36-3)25(15-20)38-5)31-27(32-33)29-16-19-9-11-22(35-2)24(14-19)37-4/h6-15H,16-17H2,1-5H3,(H2,29,30,31,32). The molecule has 0 aliphatic rings. The summed E-state index contributed by atoms with van der Waals surface area (Å²) in [6, 6.07) is 18.6. The van der Waals surface area contributed by atoms with E-state index >= 15 is 0 Å². The predicted octanol–water partition coefficient (Wildman–Crippen LogP) is 4.53. The molecule has 3 aromatic carbocycles. The zero-order valence-electron chi connectivity index (χ0n) is 22.1. The molecular weight excluding hydrogens is 486 g/mol. The third kappa shape index (κ3) is 5.97. The Bertz CT molecular complexity index is 1420. The van der Waals surface area contributed by atoms with E-state index in [-0.39, 0.29) is 5.91 Å². The molecule has 2 N–H and O–H groups in total. The second-order valence-electron chi connectivity index (χ2n) is 8.43. The Balaban J connectivity index is 1.58. The van der Waals surface area contributed by atoms with Crippen LogP contribution in [0.2, 0.25) is 0 Å². The number of hydrogen-bond acceptors (Lipinski definition) is 9. The molecule has 0 atom stereocenters. The number of nitrogens with zero attached hydrogens (tertiary/aromatic N) is 3. The quantitative estimate of drug-likeness (QED) is 0.296. The molecule has 0 aliphatic heterocycles. The number of aromatic nitrogens is 3. The van der Waals surface area contributed by atoms with Crippen LogP contribution in [0.15, 0.2) is 60.7 Å². The van der Waals surface area contributed by atoms with Crippen LogP contribution in [0.1, 0.15) is 27.0 Å². The molecule has 0 spiro atoms. The molecule has 0 bridgehead atoms.